The number of rotatable bonds is 6. The van der Waals surface area contributed by atoms with Crippen molar-refractivity contribution in [2.24, 2.45) is 4.99 Å². The molecule has 1 aromatic carbocycles. The molecule has 7 nitrogen and oxygen atoms in total. The van der Waals surface area contributed by atoms with Gasteiger partial charge in [0.15, 0.2) is 17.5 Å². The lowest BCUT2D eigenvalue weighted by Crippen LogP contribution is -2.37. The van der Waals surface area contributed by atoms with Crippen molar-refractivity contribution in [2.45, 2.75) is 33.4 Å². The van der Waals surface area contributed by atoms with Gasteiger partial charge in [-0.3, -0.25) is 9.67 Å². The second-order valence-corrected chi connectivity index (χ2v) is 7.02. The zero-order valence-corrected chi connectivity index (χ0v) is 16.9. The number of hydrogen-bond acceptors (Lipinski definition) is 4. The summed E-state index contributed by atoms with van der Waals surface area (Å²) in [5.74, 6) is 2.30. The van der Waals surface area contributed by atoms with E-state index in [4.69, 9.17) is 9.47 Å². The summed E-state index contributed by atoms with van der Waals surface area (Å²) >= 11 is 3.52. The lowest BCUT2D eigenvalue weighted by atomic mass is 10.2. The molecule has 0 unspecified atom stereocenters. The molecular weight excluding hydrogens is 398 g/mol. The molecule has 8 heteroatoms. The van der Waals surface area contributed by atoms with Gasteiger partial charge in [0.05, 0.1) is 10.2 Å². The number of fused-ring (bicyclic) bond motifs is 1. The van der Waals surface area contributed by atoms with Crippen molar-refractivity contribution in [3.63, 3.8) is 0 Å². The van der Waals surface area contributed by atoms with Crippen LogP contribution in [0.2, 0.25) is 0 Å². The zero-order valence-electron chi connectivity index (χ0n) is 15.3. The largest absolute Gasteiger partial charge is 0.454 e. The molecule has 3 rings (SSSR count). The molecule has 26 heavy (non-hydrogen) atoms. The van der Waals surface area contributed by atoms with Crippen molar-refractivity contribution < 1.29 is 9.47 Å². The zero-order chi connectivity index (χ0) is 18.5. The summed E-state index contributed by atoms with van der Waals surface area (Å²) in [6.07, 6.45) is 0.970. The minimum atomic E-state index is 0.267. The number of benzene rings is 1. The lowest BCUT2D eigenvalue weighted by Gasteiger charge is -2.13. The number of aromatic nitrogens is 2. The fourth-order valence-corrected chi connectivity index (χ4v) is 3.47. The van der Waals surface area contributed by atoms with Gasteiger partial charge in [-0.2, -0.15) is 5.10 Å². The van der Waals surface area contributed by atoms with E-state index in [1.165, 1.54) is 5.69 Å². The molecular formula is C18H24BrN5O2. The Labute approximate surface area is 161 Å². The normalized spacial score (nSPS) is 13.2. The lowest BCUT2D eigenvalue weighted by molar-refractivity contribution is 0.173. The molecule has 1 aliphatic rings. The quantitative estimate of drug-likeness (QED) is 0.426. The molecule has 1 aromatic heterocycles. The van der Waals surface area contributed by atoms with E-state index in [0.29, 0.717) is 6.54 Å². The first-order chi connectivity index (χ1) is 12.6. The van der Waals surface area contributed by atoms with E-state index in [1.54, 1.807) is 7.05 Å². The molecule has 1 aliphatic heterocycles. The third kappa shape index (κ3) is 4.49. The van der Waals surface area contributed by atoms with E-state index in [2.05, 4.69) is 49.6 Å². The van der Waals surface area contributed by atoms with Gasteiger partial charge in [-0.15, -0.1) is 0 Å². The van der Waals surface area contributed by atoms with Gasteiger partial charge in [0.25, 0.3) is 0 Å². The van der Waals surface area contributed by atoms with Gasteiger partial charge in [-0.1, -0.05) is 0 Å². The van der Waals surface area contributed by atoms with E-state index >= 15 is 0 Å². The second kappa shape index (κ2) is 8.44. The number of nitrogens with one attached hydrogen (secondary N) is 2. The highest BCUT2D eigenvalue weighted by Crippen LogP contribution is 2.39. The number of aryl methyl sites for hydroxylation is 3. The molecule has 2 aromatic rings. The standard InChI is InChI=1S/C18H24BrN5O2/c1-12-7-13(2)24(23-12)6-4-5-21-18(20-3)22-10-14-8-15(19)17-16(9-14)25-11-26-17/h7-9H,4-6,10-11H2,1-3H3,(H2,20,21,22). The van der Waals surface area contributed by atoms with Gasteiger partial charge in [-0.25, -0.2) is 0 Å². The summed E-state index contributed by atoms with van der Waals surface area (Å²) in [6.45, 7) is 6.72. The third-order valence-corrected chi connectivity index (χ3v) is 4.70. The highest BCUT2D eigenvalue weighted by Gasteiger charge is 2.17. The number of ether oxygens (including phenoxy) is 2. The van der Waals surface area contributed by atoms with E-state index in [1.807, 2.05) is 23.7 Å². The maximum Gasteiger partial charge on any atom is 0.231 e. The summed E-state index contributed by atoms with van der Waals surface area (Å²) in [6, 6.07) is 6.10. The molecule has 2 N–H and O–H groups in total. The monoisotopic (exact) mass is 421 g/mol. The second-order valence-electron chi connectivity index (χ2n) is 6.17. The van der Waals surface area contributed by atoms with Crippen molar-refractivity contribution in [1.82, 2.24) is 20.4 Å². The maximum absolute atomic E-state index is 5.45. The molecule has 0 saturated carbocycles. The Kier molecular flexibility index (Phi) is 6.03. The van der Waals surface area contributed by atoms with Crippen LogP contribution in [0, 0.1) is 13.8 Å². The predicted octanol–water partition coefficient (Wildman–Crippen LogP) is 2.75. The SMILES string of the molecule is CN=C(NCCCn1nc(C)cc1C)NCc1cc(Br)c2c(c1)OCO2. The van der Waals surface area contributed by atoms with Crippen LogP contribution in [0.5, 0.6) is 11.5 Å². The Bertz CT molecular complexity index is 803. The molecule has 0 fully saturated rings. The van der Waals surface area contributed by atoms with E-state index in [0.717, 1.165) is 52.7 Å². The van der Waals surface area contributed by atoms with Crippen molar-refractivity contribution >= 4 is 21.9 Å². The van der Waals surface area contributed by atoms with Crippen LogP contribution >= 0.6 is 15.9 Å². The first-order valence-corrected chi connectivity index (χ1v) is 9.39. The molecule has 2 heterocycles. The van der Waals surface area contributed by atoms with Crippen LogP contribution in [-0.2, 0) is 13.1 Å². The number of nitrogens with zero attached hydrogens (tertiary/aromatic N) is 3. The molecule has 0 amide bonds. The van der Waals surface area contributed by atoms with Gasteiger partial charge in [0.1, 0.15) is 0 Å². The Hall–Kier alpha value is -2.22. The average Bonchev–Trinajstić information content (AvgIpc) is 3.20. The summed E-state index contributed by atoms with van der Waals surface area (Å²) in [5, 5.41) is 11.1. The smallest absolute Gasteiger partial charge is 0.231 e. The molecule has 0 saturated heterocycles. The van der Waals surface area contributed by atoms with Crippen molar-refractivity contribution in [3.8, 4) is 11.5 Å². The first kappa shape index (κ1) is 18.6. The van der Waals surface area contributed by atoms with E-state index in [9.17, 15) is 0 Å². The van der Waals surface area contributed by atoms with Crippen molar-refractivity contribution in [1.29, 1.82) is 0 Å². The van der Waals surface area contributed by atoms with Crippen molar-refractivity contribution in [2.75, 3.05) is 20.4 Å². The Morgan fingerprint density at radius 1 is 1.27 bits per heavy atom. The van der Waals surface area contributed by atoms with E-state index in [-0.39, 0.29) is 6.79 Å². The van der Waals surface area contributed by atoms with Crippen LogP contribution in [-0.4, -0.2) is 36.1 Å². The highest BCUT2D eigenvalue weighted by atomic mass is 79.9. The number of halogens is 1. The predicted molar refractivity (Wildman–Crippen MR) is 105 cm³/mol. The Morgan fingerprint density at radius 3 is 2.85 bits per heavy atom. The highest BCUT2D eigenvalue weighted by molar-refractivity contribution is 9.10. The van der Waals surface area contributed by atoms with Gasteiger partial charge < -0.3 is 20.1 Å². The van der Waals surface area contributed by atoms with Gasteiger partial charge in [0, 0.05) is 32.4 Å². The summed E-state index contributed by atoms with van der Waals surface area (Å²) < 4.78 is 13.8. The minimum absolute atomic E-state index is 0.267. The Morgan fingerprint density at radius 2 is 2.12 bits per heavy atom. The van der Waals surface area contributed by atoms with Gasteiger partial charge >= 0.3 is 0 Å². The topological polar surface area (TPSA) is 72.7 Å². The molecule has 0 bridgehead atoms. The Balaban J connectivity index is 1.45. The van der Waals surface area contributed by atoms with Crippen LogP contribution in [0.1, 0.15) is 23.4 Å². The number of guanidine groups is 1. The molecule has 0 atom stereocenters. The average molecular weight is 422 g/mol. The molecule has 0 spiro atoms. The molecule has 0 radical (unpaired) electrons. The van der Waals surface area contributed by atoms with Crippen LogP contribution in [0.3, 0.4) is 0 Å². The summed E-state index contributed by atoms with van der Waals surface area (Å²) in [7, 11) is 1.77. The fourth-order valence-electron chi connectivity index (χ4n) is 2.87. The maximum atomic E-state index is 5.45. The molecule has 0 aliphatic carbocycles. The fraction of sp³-hybridized carbons (Fsp3) is 0.444. The number of aliphatic imine (C=N–C) groups is 1. The first-order valence-electron chi connectivity index (χ1n) is 8.60. The molecule has 140 valence electrons. The third-order valence-electron chi connectivity index (χ3n) is 4.11. The van der Waals surface area contributed by atoms with Crippen molar-refractivity contribution in [3.05, 3.63) is 39.6 Å². The van der Waals surface area contributed by atoms with E-state index < -0.39 is 0 Å². The summed E-state index contributed by atoms with van der Waals surface area (Å²) in [5.41, 5.74) is 3.34. The van der Waals surface area contributed by atoms with Crippen LogP contribution in [0.15, 0.2) is 27.7 Å². The minimum Gasteiger partial charge on any atom is -0.454 e. The van der Waals surface area contributed by atoms with Crippen LogP contribution < -0.4 is 20.1 Å². The van der Waals surface area contributed by atoms with Gasteiger partial charge in [0.2, 0.25) is 6.79 Å². The van der Waals surface area contributed by atoms with Gasteiger partial charge in [-0.05, 0) is 60.0 Å². The number of hydrogen-bond donors (Lipinski definition) is 2. The van der Waals surface area contributed by atoms with Crippen LogP contribution in [0.4, 0.5) is 0 Å². The van der Waals surface area contributed by atoms with Crippen LogP contribution in [0.25, 0.3) is 0 Å². The summed E-state index contributed by atoms with van der Waals surface area (Å²) in [4.78, 5) is 4.27.